The van der Waals surface area contributed by atoms with Gasteiger partial charge in [0.2, 0.25) is 5.91 Å². The quantitative estimate of drug-likeness (QED) is 0.712. The summed E-state index contributed by atoms with van der Waals surface area (Å²) in [7, 11) is 0. The monoisotopic (exact) mass is 261 g/mol. The Hall–Kier alpha value is -0.466. The molecule has 0 bridgehead atoms. The predicted molar refractivity (Wildman–Crippen MR) is 51.2 cm³/mol. The van der Waals surface area contributed by atoms with Gasteiger partial charge in [-0.3, -0.25) is 4.79 Å². The molecule has 1 heterocycles. The first-order valence-corrected chi connectivity index (χ1v) is 4.24. The van der Waals surface area contributed by atoms with Crippen LogP contribution in [0.5, 0.6) is 0 Å². The van der Waals surface area contributed by atoms with Crippen molar-refractivity contribution in [3.8, 4) is 0 Å². The molecule has 0 aromatic heterocycles. The Morgan fingerprint density at radius 1 is 1.36 bits per heavy atom. The Kier molecular flexibility index (Phi) is 4.02. The SMILES string of the molecule is CC1=[C-]c2ccccc2NC(=O)C1.[Y]. The maximum absolute atomic E-state index is 11.3. The molecule has 1 aromatic rings. The molecule has 0 saturated heterocycles. The van der Waals surface area contributed by atoms with Gasteiger partial charge in [0.1, 0.15) is 0 Å². The molecule has 3 heteroatoms. The van der Waals surface area contributed by atoms with Gasteiger partial charge in [-0.15, -0.1) is 11.6 Å². The summed E-state index contributed by atoms with van der Waals surface area (Å²) in [6, 6.07) is 7.68. The standard InChI is InChI=1S/C11H10NO.Y/c1-8-6-9-4-2-3-5-10(9)12-11(13)7-8;/h2-5H,7H2,1H3,(H,12,13);/q-1;. The van der Waals surface area contributed by atoms with Gasteiger partial charge in [-0.25, -0.2) is 0 Å². The van der Waals surface area contributed by atoms with Gasteiger partial charge < -0.3 is 5.32 Å². The molecule has 0 spiro atoms. The minimum atomic E-state index is 0. The Bertz CT molecular complexity index is 385. The first-order valence-electron chi connectivity index (χ1n) is 4.24. The number of para-hydroxylation sites is 1. The number of carbonyl (C=O) groups is 1. The van der Waals surface area contributed by atoms with Gasteiger partial charge in [0.05, 0.1) is 0 Å². The van der Waals surface area contributed by atoms with E-state index in [1.165, 1.54) is 0 Å². The Balaban J connectivity index is 0.000000980. The van der Waals surface area contributed by atoms with E-state index in [1.807, 2.05) is 31.2 Å². The Morgan fingerprint density at radius 3 is 2.86 bits per heavy atom. The molecule has 0 atom stereocenters. The van der Waals surface area contributed by atoms with E-state index >= 15 is 0 Å². The van der Waals surface area contributed by atoms with E-state index in [9.17, 15) is 4.79 Å². The largest absolute Gasteiger partial charge is 0.379 e. The summed E-state index contributed by atoms with van der Waals surface area (Å²) in [4.78, 5) is 11.3. The molecule has 1 aromatic carbocycles. The van der Waals surface area contributed by atoms with Gasteiger partial charge in [-0.05, 0) is 0 Å². The van der Waals surface area contributed by atoms with E-state index < -0.39 is 0 Å². The van der Waals surface area contributed by atoms with Crippen molar-refractivity contribution in [2.24, 2.45) is 0 Å². The summed E-state index contributed by atoms with van der Waals surface area (Å²) in [5.41, 5.74) is 2.79. The molecule has 2 rings (SSSR count). The van der Waals surface area contributed by atoms with E-state index in [4.69, 9.17) is 0 Å². The third kappa shape index (κ3) is 2.52. The molecular formula is C11H10NOY-. The van der Waals surface area contributed by atoms with Crippen LogP contribution in [0.4, 0.5) is 5.69 Å². The number of hydrogen-bond donors (Lipinski definition) is 1. The molecule has 1 amide bonds. The molecule has 2 nitrogen and oxygen atoms in total. The van der Waals surface area contributed by atoms with Crippen molar-refractivity contribution >= 4 is 11.6 Å². The normalized spacial score (nSPS) is 14.4. The molecule has 0 fully saturated rings. The van der Waals surface area contributed by atoms with Gasteiger partial charge in [0, 0.05) is 39.1 Å². The van der Waals surface area contributed by atoms with E-state index in [-0.39, 0.29) is 38.6 Å². The van der Waals surface area contributed by atoms with Crippen molar-refractivity contribution in [1.82, 2.24) is 0 Å². The number of carbonyl (C=O) groups excluding carboxylic acids is 1. The van der Waals surface area contributed by atoms with Crippen LogP contribution in [0.15, 0.2) is 29.8 Å². The van der Waals surface area contributed by atoms with Crippen LogP contribution in [-0.4, -0.2) is 5.91 Å². The molecule has 1 aliphatic heterocycles. The summed E-state index contributed by atoms with van der Waals surface area (Å²) in [6.07, 6.45) is 3.63. The first-order chi connectivity index (χ1) is 6.25. The summed E-state index contributed by atoms with van der Waals surface area (Å²) >= 11 is 0. The smallest absolute Gasteiger partial charge is 0.216 e. The van der Waals surface area contributed by atoms with E-state index in [0.717, 1.165) is 16.8 Å². The minimum absolute atomic E-state index is 0. The zero-order valence-corrected chi connectivity index (χ0v) is 10.8. The fourth-order valence-corrected chi connectivity index (χ4v) is 1.41. The second kappa shape index (κ2) is 4.85. The number of nitrogens with one attached hydrogen (secondary N) is 1. The van der Waals surface area contributed by atoms with Crippen molar-refractivity contribution in [2.45, 2.75) is 13.3 Å². The maximum atomic E-state index is 11.3. The van der Waals surface area contributed by atoms with Crippen LogP contribution in [0, 0.1) is 6.08 Å². The molecule has 69 valence electrons. The molecule has 0 aliphatic carbocycles. The van der Waals surface area contributed by atoms with Gasteiger partial charge in [-0.1, -0.05) is 24.7 Å². The van der Waals surface area contributed by atoms with E-state index in [1.54, 1.807) is 0 Å². The van der Waals surface area contributed by atoms with Crippen molar-refractivity contribution in [1.29, 1.82) is 0 Å². The zero-order valence-electron chi connectivity index (χ0n) is 8.00. The second-order valence-electron chi connectivity index (χ2n) is 3.18. The van der Waals surface area contributed by atoms with Crippen LogP contribution in [0.2, 0.25) is 0 Å². The average Bonchev–Trinajstić information content (AvgIpc) is 2.20. The summed E-state index contributed by atoms with van der Waals surface area (Å²) in [5.74, 6) is 0.0370. The molecule has 14 heavy (non-hydrogen) atoms. The predicted octanol–water partition coefficient (Wildman–Crippen LogP) is 2.12. The number of amides is 1. The van der Waals surface area contributed by atoms with Crippen LogP contribution < -0.4 is 5.32 Å². The molecular weight excluding hydrogens is 251 g/mol. The van der Waals surface area contributed by atoms with Crippen molar-refractivity contribution in [2.75, 3.05) is 5.32 Å². The van der Waals surface area contributed by atoms with Gasteiger partial charge in [0.15, 0.2) is 0 Å². The number of anilines is 1. The molecule has 1 aliphatic rings. The van der Waals surface area contributed by atoms with Crippen LogP contribution in [0.1, 0.15) is 18.9 Å². The number of hydrogen-bond acceptors (Lipinski definition) is 1. The number of fused-ring (bicyclic) bond motifs is 1. The van der Waals surface area contributed by atoms with Crippen LogP contribution in [0.3, 0.4) is 0 Å². The third-order valence-electron chi connectivity index (χ3n) is 1.97. The first kappa shape index (κ1) is 11.6. The topological polar surface area (TPSA) is 29.1 Å². The number of rotatable bonds is 0. The zero-order chi connectivity index (χ0) is 9.26. The third-order valence-corrected chi connectivity index (χ3v) is 1.97. The van der Waals surface area contributed by atoms with Gasteiger partial charge in [-0.2, -0.15) is 17.7 Å². The summed E-state index contributed by atoms with van der Waals surface area (Å²) in [6.45, 7) is 1.92. The van der Waals surface area contributed by atoms with Crippen LogP contribution in [0.25, 0.3) is 0 Å². The van der Waals surface area contributed by atoms with Crippen molar-refractivity contribution in [3.05, 3.63) is 41.5 Å². The summed E-state index contributed by atoms with van der Waals surface area (Å²) in [5, 5.41) is 2.83. The summed E-state index contributed by atoms with van der Waals surface area (Å²) < 4.78 is 0. The fourth-order valence-electron chi connectivity index (χ4n) is 1.41. The van der Waals surface area contributed by atoms with Gasteiger partial charge in [0.25, 0.3) is 0 Å². The Morgan fingerprint density at radius 2 is 2.07 bits per heavy atom. The minimum Gasteiger partial charge on any atom is -0.379 e. The van der Waals surface area contributed by atoms with Crippen molar-refractivity contribution in [3.63, 3.8) is 0 Å². The average molecular weight is 261 g/mol. The fraction of sp³-hybridized carbons (Fsp3) is 0.182. The van der Waals surface area contributed by atoms with Gasteiger partial charge >= 0.3 is 0 Å². The van der Waals surface area contributed by atoms with Crippen LogP contribution in [-0.2, 0) is 37.5 Å². The van der Waals surface area contributed by atoms with Crippen molar-refractivity contribution < 1.29 is 37.5 Å². The Labute approximate surface area is 109 Å². The second-order valence-corrected chi connectivity index (χ2v) is 3.18. The van der Waals surface area contributed by atoms with E-state index in [0.29, 0.717) is 6.42 Å². The molecule has 0 saturated carbocycles. The number of benzene rings is 1. The molecule has 1 radical (unpaired) electrons. The van der Waals surface area contributed by atoms with Crippen LogP contribution >= 0.6 is 0 Å². The molecule has 1 N–H and O–H groups in total. The van der Waals surface area contributed by atoms with E-state index in [2.05, 4.69) is 11.4 Å². The maximum Gasteiger partial charge on any atom is 0.216 e. The molecule has 0 unspecified atom stereocenters.